The predicted molar refractivity (Wildman–Crippen MR) is 298 cm³/mol. The van der Waals surface area contributed by atoms with Gasteiger partial charge in [0.05, 0.1) is 51.2 Å². The molecule has 7 heterocycles. The highest BCUT2D eigenvalue weighted by Crippen LogP contribution is 2.43. The molecule has 406 valence electrons. The van der Waals surface area contributed by atoms with Crippen molar-refractivity contribution in [2.75, 3.05) is 49.3 Å². The molecule has 0 unspecified atom stereocenters. The zero-order valence-corrected chi connectivity index (χ0v) is 47.1. The van der Waals surface area contributed by atoms with E-state index in [-0.39, 0.29) is 34.5 Å². The largest absolute Gasteiger partial charge is 0.455 e. The van der Waals surface area contributed by atoms with Crippen molar-refractivity contribution >= 4 is 120 Å². The van der Waals surface area contributed by atoms with Crippen LogP contribution in [-0.4, -0.2) is 114 Å². The van der Waals surface area contributed by atoms with Gasteiger partial charge in [0.25, 0.3) is 11.8 Å². The molecule has 2 N–H and O–H groups in total. The van der Waals surface area contributed by atoms with Crippen molar-refractivity contribution in [3.05, 3.63) is 143 Å². The maximum absolute atomic E-state index is 13.6. The van der Waals surface area contributed by atoms with Gasteiger partial charge < -0.3 is 19.5 Å². The second-order valence-electron chi connectivity index (χ2n) is 17.7. The average Bonchev–Trinajstić information content (AvgIpc) is 4.36. The van der Waals surface area contributed by atoms with E-state index in [1.807, 2.05) is 0 Å². The topological polar surface area (TPSA) is 257 Å². The molecule has 0 atom stereocenters. The van der Waals surface area contributed by atoms with Gasteiger partial charge in [-0.05, 0) is 101 Å². The highest BCUT2D eigenvalue weighted by molar-refractivity contribution is 9.10. The number of fused-ring (bicyclic) bond motifs is 4. The van der Waals surface area contributed by atoms with Gasteiger partial charge in [-0.3, -0.25) is 36.6 Å². The van der Waals surface area contributed by atoms with E-state index in [9.17, 15) is 44.8 Å². The predicted octanol–water partition coefficient (Wildman–Crippen LogP) is 8.62. The minimum Gasteiger partial charge on any atom is -0.455 e. The molecule has 0 aliphatic carbocycles. The van der Waals surface area contributed by atoms with Gasteiger partial charge in [0.15, 0.2) is 11.3 Å². The summed E-state index contributed by atoms with van der Waals surface area (Å²) < 4.78 is 96.4. The minimum absolute atomic E-state index is 0.144. The Kier molecular flexibility index (Phi) is 15.3. The molecule has 21 nitrogen and oxygen atoms in total. The summed E-state index contributed by atoms with van der Waals surface area (Å²) in [7, 11) is -1.39. The summed E-state index contributed by atoms with van der Waals surface area (Å²) in [6.45, 7) is 0. The lowest BCUT2D eigenvalue weighted by Gasteiger charge is -2.20. The average molecular weight is 1240 g/mol. The maximum Gasteiger partial charge on any atom is 0.255 e. The number of halogens is 4. The van der Waals surface area contributed by atoms with Crippen molar-refractivity contribution in [3.63, 3.8) is 0 Å². The molecule has 1 aliphatic heterocycles. The Labute approximate surface area is 465 Å². The number of hydrogen-bond acceptors (Lipinski definition) is 14. The van der Waals surface area contributed by atoms with Crippen LogP contribution in [0.25, 0.3) is 78.1 Å². The fraction of sp³-hybridized carbons (Fsp3) is 0.154. The molecule has 0 bridgehead atoms. The van der Waals surface area contributed by atoms with Crippen LogP contribution in [-0.2, 0) is 29.6 Å². The van der Waals surface area contributed by atoms with Crippen molar-refractivity contribution in [1.82, 2.24) is 43.8 Å². The minimum atomic E-state index is -3.65. The number of rotatable bonds is 10. The Morgan fingerprint density at radius 1 is 0.620 bits per heavy atom. The maximum atomic E-state index is 13.6. The monoisotopic (exact) mass is 1240 g/mol. The molecule has 0 saturated carbocycles. The molecule has 6 aromatic heterocycles. The van der Waals surface area contributed by atoms with Gasteiger partial charge >= 0.3 is 0 Å². The fourth-order valence-corrected chi connectivity index (χ4v) is 10.2. The molecule has 11 rings (SSSR count). The van der Waals surface area contributed by atoms with Crippen LogP contribution in [0.5, 0.6) is 0 Å². The summed E-state index contributed by atoms with van der Waals surface area (Å²) in [6, 6.07) is 24.9. The molecule has 4 amide bonds. The fourth-order valence-electron chi connectivity index (χ4n) is 8.47. The van der Waals surface area contributed by atoms with E-state index in [1.165, 1.54) is 83.0 Å². The zero-order valence-electron chi connectivity index (χ0n) is 42.3. The first-order valence-corrected chi connectivity index (χ1v) is 28.5. The van der Waals surface area contributed by atoms with E-state index in [0.29, 0.717) is 95.6 Å². The lowest BCUT2D eigenvalue weighted by Crippen LogP contribution is -2.25. The number of carbonyl (C=O) groups is 4. The summed E-state index contributed by atoms with van der Waals surface area (Å²) >= 11 is 6.16. The first kappa shape index (κ1) is 55.4. The molecule has 1 saturated heterocycles. The lowest BCUT2D eigenvalue weighted by atomic mass is 9.99. The molecule has 10 aromatic rings. The van der Waals surface area contributed by atoms with Crippen LogP contribution in [0.4, 0.5) is 20.2 Å². The number of hydrogen-bond donors (Lipinski definition) is 2. The normalized spacial score (nSPS) is 12.7. The third-order valence-corrected chi connectivity index (χ3v) is 16.4. The van der Waals surface area contributed by atoms with E-state index in [4.69, 9.17) is 8.83 Å². The highest BCUT2D eigenvalue weighted by Gasteiger charge is 2.29. The molecule has 1 aliphatic rings. The second kappa shape index (κ2) is 21.8. The SMILES string of the molecule is CNC(=O)c1c(-c2ccc(F)cc2)oc2cc(N(C)S(C)(=O)=O)c(-c3ccc4nnc(Br)n4c3)cc12.CNC(=O)c1c(-c2ccc(F)cc2)oc2cc(N(C)S(C)(=O)=O)c(-c3ccc4nncn4c3)cc12.O=C1CCC(=O)N1Br. The number of benzene rings is 4. The Balaban J connectivity index is 0.000000168. The van der Waals surface area contributed by atoms with Crippen molar-refractivity contribution in [2.24, 2.45) is 0 Å². The van der Waals surface area contributed by atoms with Gasteiger partial charge in [-0.1, -0.05) is 0 Å². The van der Waals surface area contributed by atoms with Gasteiger partial charge in [-0.25, -0.2) is 29.5 Å². The number of aromatic nitrogens is 6. The standard InChI is InChI=1S/C24H19BrFN5O4S.C24H20FN5O4S.C4H4BrNO2/c1-27-23(32)21-17-10-16(14-6-9-20-28-29-24(25)31(20)12-14)18(30(2)36(3,33)34)11-19(17)35-22(21)13-4-7-15(26)8-5-13;1-26-24(31)22-18-10-17(15-6-9-21-28-27-13-30(21)12-15)19(29(2)35(3,32)33)11-20(18)34-23(22)14-4-7-16(25)8-5-14;5-6-3(7)1-2-4(6)8/h4-12H,1-3H3,(H,27,32);4-13H,1-3H3,(H,26,31);1-2H2. The third-order valence-electron chi connectivity index (χ3n) is 12.7. The van der Waals surface area contributed by atoms with Crippen molar-refractivity contribution in [2.45, 2.75) is 12.8 Å². The quantitative estimate of drug-likeness (QED) is 0.0960. The Hall–Kier alpha value is -8.40. The summed E-state index contributed by atoms with van der Waals surface area (Å²) in [6.07, 6.45) is 7.98. The van der Waals surface area contributed by atoms with E-state index >= 15 is 0 Å². The molecular weight excluding hydrogens is 1200 g/mol. The van der Waals surface area contributed by atoms with Crippen LogP contribution in [0.3, 0.4) is 0 Å². The van der Waals surface area contributed by atoms with E-state index in [1.54, 1.807) is 69.7 Å². The highest BCUT2D eigenvalue weighted by atomic mass is 79.9. The number of carbonyl (C=O) groups excluding carboxylic acids is 4. The van der Waals surface area contributed by atoms with Crippen molar-refractivity contribution < 1.29 is 53.6 Å². The molecule has 79 heavy (non-hydrogen) atoms. The van der Waals surface area contributed by atoms with Gasteiger partial charge in [-0.2, -0.15) is 0 Å². The molecular formula is C52H43Br2F2N11O10S2. The first-order valence-electron chi connectivity index (χ1n) is 23.3. The number of furan rings is 2. The summed E-state index contributed by atoms with van der Waals surface area (Å²) in [4.78, 5) is 46.8. The smallest absolute Gasteiger partial charge is 0.255 e. The van der Waals surface area contributed by atoms with Crippen LogP contribution in [0, 0.1) is 11.6 Å². The molecule has 0 radical (unpaired) electrons. The lowest BCUT2D eigenvalue weighted by molar-refractivity contribution is -0.131. The summed E-state index contributed by atoms with van der Waals surface area (Å²) in [5.74, 6) is -1.44. The Bertz CT molecular complexity index is 4300. The second-order valence-corrected chi connectivity index (χ2v) is 23.1. The first-order chi connectivity index (χ1) is 37.5. The van der Waals surface area contributed by atoms with E-state index in [0.717, 1.165) is 25.0 Å². The van der Waals surface area contributed by atoms with Gasteiger partial charge in [-0.15, -0.1) is 20.4 Å². The number of pyridine rings is 2. The molecule has 4 aromatic carbocycles. The summed E-state index contributed by atoms with van der Waals surface area (Å²) in [5.41, 5.74) is 6.47. The van der Waals surface area contributed by atoms with E-state index in [2.05, 4.69) is 63.1 Å². The molecule has 27 heteroatoms. The van der Waals surface area contributed by atoms with Gasteiger partial charge in [0.2, 0.25) is 36.6 Å². The van der Waals surface area contributed by atoms with Crippen LogP contribution in [0.1, 0.15) is 33.6 Å². The van der Waals surface area contributed by atoms with Gasteiger partial charge in [0.1, 0.15) is 40.6 Å². The number of anilines is 2. The van der Waals surface area contributed by atoms with Crippen LogP contribution >= 0.6 is 32.1 Å². The molecule has 0 spiro atoms. The van der Waals surface area contributed by atoms with Crippen molar-refractivity contribution in [3.8, 4) is 44.9 Å². The van der Waals surface area contributed by atoms with Crippen LogP contribution in [0.2, 0.25) is 0 Å². The van der Waals surface area contributed by atoms with Crippen molar-refractivity contribution in [1.29, 1.82) is 0 Å². The Morgan fingerprint density at radius 3 is 1.47 bits per heavy atom. The van der Waals surface area contributed by atoms with Crippen LogP contribution in [0.15, 0.2) is 129 Å². The van der Waals surface area contributed by atoms with Gasteiger partial charge in [0, 0.05) is 110 Å². The van der Waals surface area contributed by atoms with Crippen LogP contribution < -0.4 is 19.2 Å². The number of nitrogens with zero attached hydrogens (tertiary/aromatic N) is 9. The summed E-state index contributed by atoms with van der Waals surface area (Å²) in [5, 5.41) is 22.1. The molecule has 1 fully saturated rings. The number of amides is 4. The van der Waals surface area contributed by atoms with E-state index < -0.39 is 43.5 Å². The zero-order chi connectivity index (χ0) is 56.8. The number of imide groups is 1. The number of sulfonamides is 2. The third kappa shape index (κ3) is 11.1. The number of nitrogens with one attached hydrogen (secondary N) is 2. The Morgan fingerprint density at radius 2 is 1.05 bits per heavy atom.